The number of nitrogens with two attached hydrogens (primary N) is 1. The Hall–Kier alpha value is -2.27. The second-order valence-corrected chi connectivity index (χ2v) is 4.92. The van der Waals surface area contributed by atoms with Crippen molar-refractivity contribution in [2.75, 3.05) is 6.54 Å². The van der Waals surface area contributed by atoms with Gasteiger partial charge >= 0.3 is 0 Å². The van der Waals surface area contributed by atoms with Crippen LogP contribution in [0.15, 0.2) is 42.5 Å². The number of aromatic nitrogens is 2. The zero-order valence-electron chi connectivity index (χ0n) is 11.4. The van der Waals surface area contributed by atoms with Gasteiger partial charge in [-0.15, -0.1) is 0 Å². The average Bonchev–Trinajstić information content (AvgIpc) is 2.76. The zero-order chi connectivity index (χ0) is 14.8. The molecule has 0 aliphatic carbocycles. The topological polar surface area (TPSA) is 43.8 Å². The predicted octanol–water partition coefficient (Wildman–Crippen LogP) is 2.86. The molecule has 0 atom stereocenters. The van der Waals surface area contributed by atoms with Gasteiger partial charge in [0.15, 0.2) is 0 Å². The number of benzene rings is 2. The quantitative estimate of drug-likeness (QED) is 0.802. The fourth-order valence-electron chi connectivity index (χ4n) is 2.47. The van der Waals surface area contributed by atoms with Gasteiger partial charge in [0.05, 0.1) is 11.0 Å². The Labute approximate surface area is 121 Å². The summed E-state index contributed by atoms with van der Waals surface area (Å²) in [6, 6.07) is 10.9. The number of nitrogens with zero attached hydrogens (tertiary/aromatic N) is 2. The minimum atomic E-state index is -0.322. The number of fused-ring (bicyclic) bond motifs is 1. The van der Waals surface area contributed by atoms with Gasteiger partial charge in [-0.25, -0.2) is 13.8 Å². The van der Waals surface area contributed by atoms with Crippen LogP contribution in [0.2, 0.25) is 0 Å². The summed E-state index contributed by atoms with van der Waals surface area (Å²) in [5.74, 6) is 0.183. The normalized spacial score (nSPS) is 11.2. The molecule has 0 radical (unpaired) electrons. The van der Waals surface area contributed by atoms with E-state index >= 15 is 0 Å². The summed E-state index contributed by atoms with van der Waals surface area (Å²) in [5.41, 5.74) is 7.86. The Kier molecular flexibility index (Phi) is 3.66. The molecule has 3 nitrogen and oxygen atoms in total. The Balaban J connectivity index is 2.08. The lowest BCUT2D eigenvalue weighted by atomic mass is 10.2. The molecule has 108 valence electrons. The molecule has 0 amide bonds. The molecule has 0 saturated heterocycles. The molecule has 0 aliphatic heterocycles. The Morgan fingerprint density at radius 1 is 1.05 bits per heavy atom. The molecule has 3 aromatic rings. The molecule has 1 heterocycles. The third kappa shape index (κ3) is 2.78. The summed E-state index contributed by atoms with van der Waals surface area (Å²) < 4.78 is 28.6. The third-order valence-electron chi connectivity index (χ3n) is 3.39. The lowest BCUT2D eigenvalue weighted by molar-refractivity contribution is 0.623. The van der Waals surface area contributed by atoms with E-state index in [-0.39, 0.29) is 11.6 Å². The minimum Gasteiger partial charge on any atom is -0.330 e. The highest BCUT2D eigenvalue weighted by Gasteiger charge is 2.11. The van der Waals surface area contributed by atoms with E-state index in [9.17, 15) is 8.78 Å². The second-order valence-electron chi connectivity index (χ2n) is 4.92. The van der Waals surface area contributed by atoms with Crippen molar-refractivity contribution in [2.45, 2.75) is 13.0 Å². The average molecular weight is 287 g/mol. The molecule has 0 aliphatic rings. The lowest BCUT2D eigenvalue weighted by Gasteiger charge is -2.09. The van der Waals surface area contributed by atoms with E-state index in [2.05, 4.69) is 4.98 Å². The van der Waals surface area contributed by atoms with Gasteiger partial charge in [0.2, 0.25) is 0 Å². The van der Waals surface area contributed by atoms with Gasteiger partial charge < -0.3 is 10.3 Å². The number of rotatable bonds is 4. The molecule has 3 rings (SSSR count). The molecule has 2 N–H and O–H groups in total. The number of hydrogen-bond donors (Lipinski definition) is 1. The van der Waals surface area contributed by atoms with Gasteiger partial charge in [-0.3, -0.25) is 0 Å². The number of hydrogen-bond acceptors (Lipinski definition) is 2. The van der Waals surface area contributed by atoms with E-state index in [0.29, 0.717) is 25.0 Å². The first-order valence-corrected chi connectivity index (χ1v) is 6.76. The van der Waals surface area contributed by atoms with Gasteiger partial charge in [0, 0.05) is 19.0 Å². The molecule has 2 aromatic carbocycles. The maximum absolute atomic E-state index is 13.3. The molecule has 0 spiro atoms. The first-order chi connectivity index (χ1) is 10.2. The molecular formula is C16H15F2N3. The summed E-state index contributed by atoms with van der Waals surface area (Å²) in [4.78, 5) is 4.43. The summed E-state index contributed by atoms with van der Waals surface area (Å²) in [6.07, 6.45) is 0.589. The van der Waals surface area contributed by atoms with Crippen molar-refractivity contribution in [3.8, 4) is 0 Å². The minimum absolute atomic E-state index is 0.275. The van der Waals surface area contributed by atoms with Crippen molar-refractivity contribution in [1.29, 1.82) is 0 Å². The van der Waals surface area contributed by atoms with Gasteiger partial charge in [-0.05, 0) is 36.4 Å². The third-order valence-corrected chi connectivity index (χ3v) is 3.39. The molecule has 21 heavy (non-hydrogen) atoms. The Morgan fingerprint density at radius 2 is 1.86 bits per heavy atom. The van der Waals surface area contributed by atoms with Crippen LogP contribution in [0.1, 0.15) is 11.4 Å². The van der Waals surface area contributed by atoms with Crippen molar-refractivity contribution in [1.82, 2.24) is 9.55 Å². The number of halogens is 2. The van der Waals surface area contributed by atoms with Crippen molar-refractivity contribution in [3.05, 3.63) is 65.5 Å². The maximum Gasteiger partial charge on any atom is 0.125 e. The van der Waals surface area contributed by atoms with Gasteiger partial charge in [-0.1, -0.05) is 12.1 Å². The first kappa shape index (κ1) is 13.7. The van der Waals surface area contributed by atoms with E-state index in [0.717, 1.165) is 16.9 Å². The van der Waals surface area contributed by atoms with E-state index < -0.39 is 0 Å². The smallest absolute Gasteiger partial charge is 0.125 e. The van der Waals surface area contributed by atoms with Crippen molar-refractivity contribution < 1.29 is 8.78 Å². The van der Waals surface area contributed by atoms with Gasteiger partial charge in [-0.2, -0.15) is 0 Å². The fourth-order valence-corrected chi connectivity index (χ4v) is 2.47. The fraction of sp³-hybridized carbons (Fsp3) is 0.188. The van der Waals surface area contributed by atoms with Crippen LogP contribution < -0.4 is 5.73 Å². The van der Waals surface area contributed by atoms with E-state index in [1.54, 1.807) is 12.1 Å². The first-order valence-electron chi connectivity index (χ1n) is 6.76. The van der Waals surface area contributed by atoms with Crippen molar-refractivity contribution in [3.63, 3.8) is 0 Å². The van der Waals surface area contributed by atoms with Crippen LogP contribution in [0.5, 0.6) is 0 Å². The van der Waals surface area contributed by atoms with Crippen LogP contribution in [0.4, 0.5) is 8.78 Å². The highest BCUT2D eigenvalue weighted by atomic mass is 19.1. The van der Waals surface area contributed by atoms with Crippen LogP contribution in [-0.4, -0.2) is 16.1 Å². The summed E-state index contributed by atoms with van der Waals surface area (Å²) in [7, 11) is 0. The highest BCUT2D eigenvalue weighted by Crippen LogP contribution is 2.20. The maximum atomic E-state index is 13.3. The van der Waals surface area contributed by atoms with Crippen LogP contribution in [0.25, 0.3) is 11.0 Å². The van der Waals surface area contributed by atoms with Crippen LogP contribution in [0.3, 0.4) is 0 Å². The lowest BCUT2D eigenvalue weighted by Crippen LogP contribution is -2.11. The number of imidazole rings is 1. The SMILES string of the molecule is NCCc1nc2cc(F)ccc2n1Cc1cccc(F)c1. The van der Waals surface area contributed by atoms with Gasteiger partial charge in [0.1, 0.15) is 17.5 Å². The van der Waals surface area contributed by atoms with Crippen molar-refractivity contribution in [2.24, 2.45) is 5.73 Å². The molecular weight excluding hydrogens is 272 g/mol. The van der Waals surface area contributed by atoms with Crippen LogP contribution in [0, 0.1) is 11.6 Å². The summed E-state index contributed by atoms with van der Waals surface area (Å²) in [5, 5.41) is 0. The van der Waals surface area contributed by atoms with E-state index in [1.807, 2.05) is 10.6 Å². The molecule has 0 bridgehead atoms. The van der Waals surface area contributed by atoms with Crippen LogP contribution >= 0.6 is 0 Å². The van der Waals surface area contributed by atoms with Gasteiger partial charge in [0.25, 0.3) is 0 Å². The Bertz CT molecular complexity index is 780. The monoisotopic (exact) mass is 287 g/mol. The summed E-state index contributed by atoms with van der Waals surface area (Å²) in [6.45, 7) is 0.935. The standard InChI is InChI=1S/C16H15F2N3/c17-12-3-1-2-11(8-12)10-21-15-5-4-13(18)9-14(15)20-16(21)6-7-19/h1-5,8-9H,6-7,10,19H2. The van der Waals surface area contributed by atoms with E-state index in [4.69, 9.17) is 5.73 Å². The second kappa shape index (κ2) is 5.61. The zero-order valence-corrected chi connectivity index (χ0v) is 11.4. The Morgan fingerprint density at radius 3 is 2.62 bits per heavy atom. The molecule has 0 unspecified atom stereocenters. The van der Waals surface area contributed by atoms with Crippen molar-refractivity contribution >= 4 is 11.0 Å². The summed E-state index contributed by atoms with van der Waals surface area (Å²) >= 11 is 0. The molecule has 0 saturated carbocycles. The highest BCUT2D eigenvalue weighted by molar-refractivity contribution is 5.76. The predicted molar refractivity (Wildman–Crippen MR) is 78.0 cm³/mol. The van der Waals surface area contributed by atoms with Crippen LogP contribution in [-0.2, 0) is 13.0 Å². The molecule has 1 aromatic heterocycles. The molecule has 0 fully saturated rings. The largest absolute Gasteiger partial charge is 0.330 e. The molecule has 5 heteroatoms. The van der Waals surface area contributed by atoms with E-state index in [1.165, 1.54) is 24.3 Å².